The second-order valence-electron chi connectivity index (χ2n) is 7.75. The SMILES string of the molecule is CCNC(=NCc1ccnc(N2CCCCC2)c1)NC1CCN(CC(F)(F)F)C1.I. The number of hydrogen-bond acceptors (Lipinski definition) is 4. The number of aliphatic imine (C=N–C) groups is 1. The minimum Gasteiger partial charge on any atom is -0.357 e. The fourth-order valence-electron chi connectivity index (χ4n) is 3.89. The first-order valence-electron chi connectivity index (χ1n) is 10.5. The summed E-state index contributed by atoms with van der Waals surface area (Å²) in [6.07, 6.45) is 2.02. The van der Waals surface area contributed by atoms with E-state index in [1.54, 1.807) is 0 Å². The molecule has 0 spiro atoms. The maximum Gasteiger partial charge on any atom is 0.401 e. The summed E-state index contributed by atoms with van der Waals surface area (Å²) in [5.41, 5.74) is 1.07. The van der Waals surface area contributed by atoms with E-state index < -0.39 is 12.7 Å². The molecule has 0 radical (unpaired) electrons. The van der Waals surface area contributed by atoms with Crippen molar-refractivity contribution < 1.29 is 13.2 Å². The first-order valence-corrected chi connectivity index (χ1v) is 10.5. The van der Waals surface area contributed by atoms with Crippen molar-refractivity contribution in [2.75, 3.05) is 44.2 Å². The zero-order valence-electron chi connectivity index (χ0n) is 17.4. The molecule has 2 aliphatic rings. The number of pyridine rings is 1. The summed E-state index contributed by atoms with van der Waals surface area (Å²) in [5.74, 6) is 1.64. The Balaban J connectivity index is 0.00000320. The van der Waals surface area contributed by atoms with Crippen LogP contribution in [0, 0.1) is 0 Å². The standard InChI is InChI=1S/C20H31F3N6.HI/c1-2-24-19(27-17-7-11-28(14-17)15-20(21,22)23)26-13-16-6-8-25-18(12-16)29-9-4-3-5-10-29;/h6,8,12,17H,2-5,7,9-11,13-15H2,1H3,(H2,24,26,27);1H. The first kappa shape index (κ1) is 25.0. The zero-order valence-corrected chi connectivity index (χ0v) is 19.7. The van der Waals surface area contributed by atoms with Crippen molar-refractivity contribution in [1.29, 1.82) is 0 Å². The molecule has 1 unspecified atom stereocenters. The summed E-state index contributed by atoms with van der Waals surface area (Å²) in [6.45, 7) is 5.22. The number of alkyl halides is 3. The lowest BCUT2D eigenvalue weighted by atomic mass is 10.1. The Morgan fingerprint density at radius 3 is 2.70 bits per heavy atom. The molecule has 0 saturated carbocycles. The number of nitrogens with one attached hydrogen (secondary N) is 2. The van der Waals surface area contributed by atoms with Gasteiger partial charge in [-0.25, -0.2) is 9.98 Å². The van der Waals surface area contributed by atoms with Crippen LogP contribution >= 0.6 is 24.0 Å². The van der Waals surface area contributed by atoms with E-state index in [0.29, 0.717) is 38.6 Å². The number of aromatic nitrogens is 1. The fraction of sp³-hybridized carbons (Fsp3) is 0.700. The number of anilines is 1. The van der Waals surface area contributed by atoms with Crippen LogP contribution in [0.25, 0.3) is 0 Å². The van der Waals surface area contributed by atoms with Crippen LogP contribution in [-0.2, 0) is 6.54 Å². The van der Waals surface area contributed by atoms with E-state index in [1.165, 1.54) is 24.2 Å². The van der Waals surface area contributed by atoms with Crippen molar-refractivity contribution in [2.45, 2.75) is 51.4 Å². The Labute approximate surface area is 193 Å². The van der Waals surface area contributed by atoms with Crippen LogP contribution in [0.15, 0.2) is 23.3 Å². The van der Waals surface area contributed by atoms with Gasteiger partial charge in [-0.05, 0) is 50.3 Å². The topological polar surface area (TPSA) is 55.8 Å². The molecule has 2 N–H and O–H groups in total. The van der Waals surface area contributed by atoms with Gasteiger partial charge >= 0.3 is 6.18 Å². The van der Waals surface area contributed by atoms with E-state index >= 15 is 0 Å². The third kappa shape index (κ3) is 8.09. The quantitative estimate of drug-likeness (QED) is 0.330. The van der Waals surface area contributed by atoms with Crippen LogP contribution in [0.1, 0.15) is 38.2 Å². The van der Waals surface area contributed by atoms with Gasteiger partial charge in [-0.2, -0.15) is 13.2 Å². The van der Waals surface area contributed by atoms with Gasteiger partial charge in [0.1, 0.15) is 5.82 Å². The van der Waals surface area contributed by atoms with Crippen LogP contribution in [0.4, 0.5) is 19.0 Å². The molecule has 0 aromatic carbocycles. The molecule has 3 rings (SSSR count). The van der Waals surface area contributed by atoms with E-state index in [0.717, 1.165) is 24.5 Å². The third-order valence-electron chi connectivity index (χ3n) is 5.27. The Hall–Kier alpha value is -1.30. The Bertz CT molecular complexity index is 679. The van der Waals surface area contributed by atoms with E-state index in [2.05, 4.69) is 31.6 Å². The van der Waals surface area contributed by atoms with E-state index in [4.69, 9.17) is 0 Å². The summed E-state index contributed by atoms with van der Waals surface area (Å²) in [7, 11) is 0. The molecule has 6 nitrogen and oxygen atoms in total. The maximum atomic E-state index is 12.6. The number of hydrogen-bond donors (Lipinski definition) is 2. The molecule has 10 heteroatoms. The van der Waals surface area contributed by atoms with Crippen molar-refractivity contribution >= 4 is 35.8 Å². The van der Waals surface area contributed by atoms with Crippen molar-refractivity contribution in [3.05, 3.63) is 23.9 Å². The highest BCUT2D eigenvalue weighted by Crippen LogP contribution is 2.20. The number of rotatable bonds is 6. The van der Waals surface area contributed by atoms with Gasteiger partial charge in [-0.1, -0.05) is 0 Å². The average Bonchev–Trinajstić information content (AvgIpc) is 3.12. The minimum atomic E-state index is -4.15. The molecular weight excluding hydrogens is 508 g/mol. The van der Waals surface area contributed by atoms with Gasteiger partial charge in [0.25, 0.3) is 0 Å². The summed E-state index contributed by atoms with van der Waals surface area (Å²) < 4.78 is 37.8. The van der Waals surface area contributed by atoms with Crippen LogP contribution in [0.2, 0.25) is 0 Å². The van der Waals surface area contributed by atoms with Gasteiger partial charge in [0.15, 0.2) is 5.96 Å². The predicted molar refractivity (Wildman–Crippen MR) is 125 cm³/mol. The molecule has 30 heavy (non-hydrogen) atoms. The highest BCUT2D eigenvalue weighted by Gasteiger charge is 2.34. The molecule has 0 bridgehead atoms. The Morgan fingerprint density at radius 1 is 1.23 bits per heavy atom. The van der Waals surface area contributed by atoms with Crippen molar-refractivity contribution in [3.8, 4) is 0 Å². The smallest absolute Gasteiger partial charge is 0.357 e. The highest BCUT2D eigenvalue weighted by atomic mass is 127. The summed E-state index contributed by atoms with van der Waals surface area (Å²) in [6, 6.07) is 4.01. The Kier molecular flexibility index (Phi) is 9.92. The maximum absolute atomic E-state index is 12.6. The molecule has 2 aliphatic heterocycles. The largest absolute Gasteiger partial charge is 0.401 e. The predicted octanol–water partition coefficient (Wildman–Crippen LogP) is 3.38. The second kappa shape index (κ2) is 11.9. The molecule has 0 amide bonds. The van der Waals surface area contributed by atoms with Crippen molar-refractivity contribution in [2.24, 2.45) is 4.99 Å². The molecule has 2 saturated heterocycles. The van der Waals surface area contributed by atoms with Crippen LogP contribution in [-0.4, -0.2) is 67.3 Å². The van der Waals surface area contributed by atoms with Crippen molar-refractivity contribution in [1.82, 2.24) is 20.5 Å². The molecule has 2 fully saturated rings. The summed E-state index contributed by atoms with van der Waals surface area (Å²) in [4.78, 5) is 12.9. The number of halogens is 4. The first-order chi connectivity index (χ1) is 13.9. The monoisotopic (exact) mass is 540 g/mol. The lowest BCUT2D eigenvalue weighted by Gasteiger charge is -2.27. The van der Waals surface area contributed by atoms with Crippen LogP contribution in [0.5, 0.6) is 0 Å². The number of likely N-dealkylation sites (tertiary alicyclic amines) is 1. The van der Waals surface area contributed by atoms with Crippen LogP contribution in [0.3, 0.4) is 0 Å². The summed E-state index contributed by atoms with van der Waals surface area (Å²) >= 11 is 0. The molecule has 0 aliphatic carbocycles. The van der Waals surface area contributed by atoms with E-state index in [-0.39, 0.29) is 30.0 Å². The lowest BCUT2D eigenvalue weighted by molar-refractivity contribution is -0.143. The third-order valence-corrected chi connectivity index (χ3v) is 5.27. The molecular formula is C20H32F3IN6. The average molecular weight is 540 g/mol. The lowest BCUT2D eigenvalue weighted by Crippen LogP contribution is -2.45. The van der Waals surface area contributed by atoms with Gasteiger partial charge in [-0.3, -0.25) is 4.90 Å². The molecule has 170 valence electrons. The van der Waals surface area contributed by atoms with Gasteiger partial charge < -0.3 is 15.5 Å². The summed E-state index contributed by atoms with van der Waals surface area (Å²) in [5, 5.41) is 6.48. The highest BCUT2D eigenvalue weighted by molar-refractivity contribution is 14.0. The molecule has 1 aromatic rings. The van der Waals surface area contributed by atoms with Gasteiger partial charge in [0.2, 0.25) is 0 Å². The van der Waals surface area contributed by atoms with Gasteiger partial charge in [-0.15, -0.1) is 24.0 Å². The van der Waals surface area contributed by atoms with Crippen LogP contribution < -0.4 is 15.5 Å². The molecule has 1 atom stereocenters. The van der Waals surface area contributed by atoms with Gasteiger partial charge in [0, 0.05) is 45.0 Å². The number of guanidine groups is 1. The Morgan fingerprint density at radius 2 is 2.00 bits per heavy atom. The van der Waals surface area contributed by atoms with Gasteiger partial charge in [0.05, 0.1) is 13.1 Å². The second-order valence-corrected chi connectivity index (χ2v) is 7.75. The number of piperidine rings is 1. The minimum absolute atomic E-state index is 0. The van der Waals surface area contributed by atoms with E-state index in [1.807, 2.05) is 19.2 Å². The zero-order chi connectivity index (χ0) is 20.7. The fourth-order valence-corrected chi connectivity index (χ4v) is 3.89. The number of nitrogens with zero attached hydrogens (tertiary/aromatic N) is 4. The normalized spacial score (nSPS) is 20.7. The molecule has 1 aromatic heterocycles. The molecule has 3 heterocycles. The van der Waals surface area contributed by atoms with Crippen molar-refractivity contribution in [3.63, 3.8) is 0 Å². The van der Waals surface area contributed by atoms with E-state index in [9.17, 15) is 13.2 Å².